The first kappa shape index (κ1) is 12.7. The monoisotopic (exact) mass is 246 g/mol. The van der Waals surface area contributed by atoms with Crippen LogP contribution in [0.1, 0.15) is 38.5 Å². The van der Waals surface area contributed by atoms with Gasteiger partial charge in [0.05, 0.1) is 0 Å². The summed E-state index contributed by atoms with van der Waals surface area (Å²) in [4.78, 5) is 23.5. The molecule has 0 unspecified atom stereocenters. The van der Waals surface area contributed by atoms with Crippen molar-refractivity contribution in [1.29, 1.82) is 0 Å². The van der Waals surface area contributed by atoms with Gasteiger partial charge in [-0.05, 0) is 38.2 Å². The number of allylic oxidation sites excluding steroid dienone is 3. The van der Waals surface area contributed by atoms with Crippen LogP contribution in [0, 0.1) is 0 Å². The van der Waals surface area contributed by atoms with Gasteiger partial charge in [-0.25, -0.2) is 4.79 Å². The van der Waals surface area contributed by atoms with Gasteiger partial charge in [0.2, 0.25) is 0 Å². The van der Waals surface area contributed by atoms with Gasteiger partial charge in [-0.2, -0.15) is 0 Å². The van der Waals surface area contributed by atoms with Crippen molar-refractivity contribution in [3.8, 4) is 0 Å². The Bertz CT molecular complexity index is 450. The number of carbonyl (C=O) groups excluding carboxylic acids is 2. The summed E-state index contributed by atoms with van der Waals surface area (Å²) in [5.41, 5.74) is 8.72. The van der Waals surface area contributed by atoms with Crippen molar-refractivity contribution < 1.29 is 9.59 Å². The second-order valence-electron chi connectivity index (χ2n) is 4.75. The molecule has 1 fully saturated rings. The topological polar surface area (TPSA) is 63.4 Å². The fourth-order valence-corrected chi connectivity index (χ4v) is 2.09. The molecule has 2 N–H and O–H groups in total. The maximum Gasteiger partial charge on any atom is 0.251 e. The molecule has 0 spiro atoms. The first-order valence-electron chi connectivity index (χ1n) is 6.43. The minimum Gasteiger partial charge on any atom is -0.402 e. The van der Waals surface area contributed by atoms with Crippen molar-refractivity contribution in [2.75, 3.05) is 6.54 Å². The first-order chi connectivity index (χ1) is 8.72. The molecule has 4 nitrogen and oxygen atoms in total. The SMILES string of the molecule is NC(CCCCCN1C(=O)C=CC1=C=O)=C1CC1. The Labute approximate surface area is 107 Å². The fourth-order valence-electron chi connectivity index (χ4n) is 2.09. The molecule has 96 valence electrons. The average Bonchev–Trinajstić information content (AvgIpc) is 3.15. The third-order valence-corrected chi connectivity index (χ3v) is 3.33. The van der Waals surface area contributed by atoms with E-state index in [1.807, 2.05) is 0 Å². The highest BCUT2D eigenvalue weighted by Crippen LogP contribution is 2.31. The number of rotatable bonds is 6. The predicted molar refractivity (Wildman–Crippen MR) is 69.0 cm³/mol. The molecule has 0 aromatic carbocycles. The lowest BCUT2D eigenvalue weighted by molar-refractivity contribution is -0.123. The quantitative estimate of drug-likeness (QED) is 0.572. The second kappa shape index (κ2) is 5.69. The summed E-state index contributed by atoms with van der Waals surface area (Å²) in [5, 5.41) is 0. The van der Waals surface area contributed by atoms with E-state index in [1.54, 1.807) is 5.94 Å². The Morgan fingerprint density at radius 1 is 1.28 bits per heavy atom. The summed E-state index contributed by atoms with van der Waals surface area (Å²) in [5.74, 6) is 1.67. The van der Waals surface area contributed by atoms with Crippen LogP contribution in [0.3, 0.4) is 0 Å². The average molecular weight is 246 g/mol. The predicted octanol–water partition coefficient (Wildman–Crippen LogP) is 1.67. The lowest BCUT2D eigenvalue weighted by atomic mass is 10.1. The van der Waals surface area contributed by atoms with Gasteiger partial charge in [-0.3, -0.25) is 9.69 Å². The zero-order chi connectivity index (χ0) is 13.0. The van der Waals surface area contributed by atoms with Gasteiger partial charge in [0, 0.05) is 18.3 Å². The molecule has 2 rings (SSSR count). The minimum atomic E-state index is -0.118. The zero-order valence-electron chi connectivity index (χ0n) is 10.4. The number of unbranched alkanes of at least 4 members (excludes halogenated alkanes) is 2. The summed E-state index contributed by atoms with van der Waals surface area (Å²) in [6.45, 7) is 0.590. The van der Waals surface area contributed by atoms with Gasteiger partial charge >= 0.3 is 0 Å². The molecular formula is C14H18N2O2. The maximum atomic E-state index is 11.4. The van der Waals surface area contributed by atoms with E-state index in [4.69, 9.17) is 5.73 Å². The van der Waals surface area contributed by atoms with E-state index in [-0.39, 0.29) is 5.91 Å². The number of carbonyl (C=O) groups is 1. The standard InChI is InChI=1S/C14H18N2O2/c15-13(11-5-6-11)4-2-1-3-9-16-12(10-17)7-8-14(16)18/h7-8H,1-6,9,15H2. The number of amides is 1. The second-order valence-corrected chi connectivity index (χ2v) is 4.75. The molecule has 1 amide bonds. The van der Waals surface area contributed by atoms with Crippen molar-refractivity contribution in [3.63, 3.8) is 0 Å². The van der Waals surface area contributed by atoms with E-state index >= 15 is 0 Å². The highest BCUT2D eigenvalue weighted by molar-refractivity contribution is 5.95. The molecule has 1 heterocycles. The van der Waals surface area contributed by atoms with Crippen LogP contribution in [0.4, 0.5) is 0 Å². The van der Waals surface area contributed by atoms with E-state index in [1.165, 1.54) is 35.5 Å². The molecule has 4 heteroatoms. The van der Waals surface area contributed by atoms with Crippen LogP contribution < -0.4 is 5.73 Å². The van der Waals surface area contributed by atoms with Gasteiger partial charge in [-0.1, -0.05) is 12.0 Å². The van der Waals surface area contributed by atoms with Crippen LogP contribution in [0.25, 0.3) is 0 Å². The molecule has 0 atom stereocenters. The van der Waals surface area contributed by atoms with Crippen molar-refractivity contribution in [3.05, 3.63) is 29.1 Å². The summed E-state index contributed by atoms with van der Waals surface area (Å²) in [7, 11) is 0. The molecule has 1 aliphatic heterocycles. The Morgan fingerprint density at radius 3 is 2.72 bits per heavy atom. The Balaban J connectivity index is 1.65. The van der Waals surface area contributed by atoms with Crippen molar-refractivity contribution >= 4 is 11.8 Å². The molecule has 1 saturated carbocycles. The molecule has 18 heavy (non-hydrogen) atoms. The van der Waals surface area contributed by atoms with Crippen LogP contribution in [-0.4, -0.2) is 23.3 Å². The van der Waals surface area contributed by atoms with Gasteiger partial charge in [0.1, 0.15) is 5.70 Å². The third-order valence-electron chi connectivity index (χ3n) is 3.33. The number of nitrogens with zero attached hydrogens (tertiary/aromatic N) is 1. The molecule has 0 saturated heterocycles. The molecule has 0 aromatic rings. The molecule has 0 bridgehead atoms. The first-order valence-corrected chi connectivity index (χ1v) is 6.43. The molecular weight excluding hydrogens is 228 g/mol. The van der Waals surface area contributed by atoms with Gasteiger partial charge in [-0.15, -0.1) is 0 Å². The fraction of sp³-hybridized carbons (Fsp3) is 0.500. The Kier molecular flexibility index (Phi) is 4.00. The summed E-state index contributed by atoms with van der Waals surface area (Å²) >= 11 is 0. The van der Waals surface area contributed by atoms with Gasteiger partial charge in [0.15, 0.2) is 5.94 Å². The largest absolute Gasteiger partial charge is 0.402 e. The van der Waals surface area contributed by atoms with Crippen LogP contribution in [0.15, 0.2) is 29.1 Å². The summed E-state index contributed by atoms with van der Waals surface area (Å²) < 4.78 is 0. The van der Waals surface area contributed by atoms with Crippen molar-refractivity contribution in [2.45, 2.75) is 38.5 Å². The highest BCUT2D eigenvalue weighted by atomic mass is 16.2. The molecule has 1 aliphatic carbocycles. The lowest BCUT2D eigenvalue weighted by Gasteiger charge is -2.15. The molecule has 2 aliphatic rings. The normalized spacial score (nSPS) is 17.3. The zero-order valence-corrected chi connectivity index (χ0v) is 10.4. The van der Waals surface area contributed by atoms with Crippen molar-refractivity contribution in [1.82, 2.24) is 4.90 Å². The minimum absolute atomic E-state index is 0.118. The van der Waals surface area contributed by atoms with E-state index < -0.39 is 0 Å². The van der Waals surface area contributed by atoms with Crippen molar-refractivity contribution in [2.24, 2.45) is 5.73 Å². The van der Waals surface area contributed by atoms with E-state index in [9.17, 15) is 9.59 Å². The maximum absolute atomic E-state index is 11.4. The van der Waals surface area contributed by atoms with E-state index in [0.29, 0.717) is 12.2 Å². The third kappa shape index (κ3) is 3.11. The van der Waals surface area contributed by atoms with Crippen LogP contribution in [0.2, 0.25) is 0 Å². The number of hydrogen-bond donors (Lipinski definition) is 1. The van der Waals surface area contributed by atoms with Crippen LogP contribution in [-0.2, 0) is 9.59 Å². The highest BCUT2D eigenvalue weighted by Gasteiger charge is 2.20. The number of nitrogens with two attached hydrogens (primary N) is 1. The summed E-state index contributed by atoms with van der Waals surface area (Å²) in [6.07, 6.45) is 9.19. The van der Waals surface area contributed by atoms with E-state index in [0.717, 1.165) is 31.4 Å². The summed E-state index contributed by atoms with van der Waals surface area (Å²) in [6, 6.07) is 0. The van der Waals surface area contributed by atoms with Gasteiger partial charge < -0.3 is 5.73 Å². The smallest absolute Gasteiger partial charge is 0.251 e. The van der Waals surface area contributed by atoms with Crippen LogP contribution in [0.5, 0.6) is 0 Å². The molecule has 0 radical (unpaired) electrons. The van der Waals surface area contributed by atoms with Crippen LogP contribution >= 0.6 is 0 Å². The van der Waals surface area contributed by atoms with E-state index in [2.05, 4.69) is 0 Å². The number of hydrogen-bond acceptors (Lipinski definition) is 3. The molecule has 0 aromatic heterocycles. The van der Waals surface area contributed by atoms with Gasteiger partial charge in [0.25, 0.3) is 5.91 Å². The Morgan fingerprint density at radius 2 is 2.06 bits per heavy atom. The lowest BCUT2D eigenvalue weighted by Crippen LogP contribution is -2.25. The Hall–Kier alpha value is -1.80.